The number of benzene rings is 1. The van der Waals surface area contributed by atoms with Crippen molar-refractivity contribution in [1.29, 1.82) is 0 Å². The van der Waals surface area contributed by atoms with Crippen molar-refractivity contribution in [2.24, 2.45) is 0 Å². The van der Waals surface area contributed by atoms with Crippen molar-refractivity contribution in [2.75, 3.05) is 17.2 Å². The van der Waals surface area contributed by atoms with E-state index in [0.29, 0.717) is 17.9 Å². The predicted octanol–water partition coefficient (Wildman–Crippen LogP) is 2.64. The van der Waals surface area contributed by atoms with Crippen LogP contribution in [0.2, 0.25) is 0 Å². The van der Waals surface area contributed by atoms with E-state index >= 15 is 0 Å². The monoisotopic (exact) mass is 255 g/mol. The maximum Gasteiger partial charge on any atom is 0.277 e. The predicted molar refractivity (Wildman–Crippen MR) is 77.2 cm³/mol. The molecule has 1 amide bonds. The Morgan fingerprint density at radius 1 is 1.26 bits per heavy atom. The van der Waals surface area contributed by atoms with Gasteiger partial charge in [0.1, 0.15) is 5.69 Å². The molecule has 1 heterocycles. The first-order valence-corrected chi connectivity index (χ1v) is 6.22. The fraction of sp³-hybridized carbons (Fsp3) is 0.200. The van der Waals surface area contributed by atoms with Crippen molar-refractivity contribution in [1.82, 2.24) is 4.98 Å². The van der Waals surface area contributed by atoms with Crippen LogP contribution < -0.4 is 10.6 Å². The van der Waals surface area contributed by atoms with Crippen LogP contribution in [-0.2, 0) is 0 Å². The van der Waals surface area contributed by atoms with Gasteiger partial charge in [-0.15, -0.1) is 0 Å². The molecule has 4 nitrogen and oxygen atoms in total. The van der Waals surface area contributed by atoms with E-state index in [1.165, 1.54) is 0 Å². The topological polar surface area (TPSA) is 59.2 Å². The van der Waals surface area contributed by atoms with Crippen molar-refractivity contribution >= 4 is 17.3 Å². The fourth-order valence-corrected chi connectivity index (χ4v) is 1.94. The Bertz CT molecular complexity index is 578. The van der Waals surface area contributed by atoms with Crippen LogP contribution >= 0.6 is 0 Å². The van der Waals surface area contributed by atoms with Gasteiger partial charge in [0, 0.05) is 24.1 Å². The Balaban J connectivity index is 2.35. The lowest BCUT2D eigenvalue weighted by Crippen LogP contribution is -2.31. The number of aromatic nitrogens is 1. The highest BCUT2D eigenvalue weighted by molar-refractivity contribution is 6.05. The van der Waals surface area contributed by atoms with Crippen molar-refractivity contribution in [3.05, 3.63) is 53.9 Å². The van der Waals surface area contributed by atoms with Gasteiger partial charge in [-0.05, 0) is 49.7 Å². The molecular formula is C15H17N3O. The first kappa shape index (κ1) is 13.1. The Hall–Kier alpha value is -2.36. The van der Waals surface area contributed by atoms with Gasteiger partial charge in [-0.3, -0.25) is 9.78 Å². The van der Waals surface area contributed by atoms with Gasteiger partial charge in [0.2, 0.25) is 0 Å². The van der Waals surface area contributed by atoms with Crippen molar-refractivity contribution in [3.8, 4) is 0 Å². The van der Waals surface area contributed by atoms with E-state index in [1.54, 1.807) is 23.2 Å². The molecule has 2 rings (SSSR count). The smallest absolute Gasteiger partial charge is 0.277 e. The summed E-state index contributed by atoms with van der Waals surface area (Å²) in [6.45, 7) is 4.41. The van der Waals surface area contributed by atoms with Gasteiger partial charge >= 0.3 is 0 Å². The molecule has 2 N–H and O–H groups in total. The lowest BCUT2D eigenvalue weighted by atomic mass is 10.2. The SMILES string of the molecule is CCN(C(=O)c1ncccc1C)c1ccc(N)cc1. The molecule has 0 radical (unpaired) electrons. The van der Waals surface area contributed by atoms with Crippen LogP contribution in [0.1, 0.15) is 23.0 Å². The number of aryl methyl sites for hydroxylation is 1. The molecule has 0 saturated carbocycles. The highest BCUT2D eigenvalue weighted by Gasteiger charge is 2.18. The normalized spacial score (nSPS) is 10.2. The Morgan fingerprint density at radius 3 is 2.53 bits per heavy atom. The lowest BCUT2D eigenvalue weighted by Gasteiger charge is -2.21. The molecule has 98 valence electrons. The molecule has 0 aliphatic rings. The average Bonchev–Trinajstić information content (AvgIpc) is 2.42. The second kappa shape index (κ2) is 5.52. The second-order valence-corrected chi connectivity index (χ2v) is 4.31. The van der Waals surface area contributed by atoms with Crippen LogP contribution in [0.5, 0.6) is 0 Å². The van der Waals surface area contributed by atoms with Crippen LogP contribution in [-0.4, -0.2) is 17.4 Å². The summed E-state index contributed by atoms with van der Waals surface area (Å²) in [6, 6.07) is 11.0. The number of carbonyl (C=O) groups excluding carboxylic acids is 1. The van der Waals surface area contributed by atoms with Crippen LogP contribution in [0.25, 0.3) is 0 Å². The van der Waals surface area contributed by atoms with Crippen molar-refractivity contribution in [2.45, 2.75) is 13.8 Å². The number of nitrogens with two attached hydrogens (primary N) is 1. The standard InChI is InChI=1S/C15H17N3O/c1-3-18(13-8-6-12(16)7-9-13)15(19)14-11(2)5-4-10-17-14/h4-10H,3,16H2,1-2H3. The highest BCUT2D eigenvalue weighted by Crippen LogP contribution is 2.19. The van der Waals surface area contributed by atoms with Crippen molar-refractivity contribution < 1.29 is 4.79 Å². The molecule has 0 saturated heterocycles. The van der Waals surface area contributed by atoms with Gasteiger partial charge in [-0.2, -0.15) is 0 Å². The van der Waals surface area contributed by atoms with Gasteiger partial charge in [-0.25, -0.2) is 0 Å². The zero-order chi connectivity index (χ0) is 13.8. The third kappa shape index (κ3) is 2.73. The van der Waals surface area contributed by atoms with E-state index < -0.39 is 0 Å². The zero-order valence-electron chi connectivity index (χ0n) is 11.1. The maximum absolute atomic E-state index is 12.5. The second-order valence-electron chi connectivity index (χ2n) is 4.31. The molecule has 0 bridgehead atoms. The van der Waals surface area contributed by atoms with Gasteiger partial charge < -0.3 is 10.6 Å². The summed E-state index contributed by atoms with van der Waals surface area (Å²) in [5, 5.41) is 0. The van der Waals surface area contributed by atoms with E-state index in [0.717, 1.165) is 11.3 Å². The molecule has 0 atom stereocenters. The lowest BCUT2D eigenvalue weighted by molar-refractivity contribution is 0.0983. The molecule has 2 aromatic rings. The summed E-state index contributed by atoms with van der Waals surface area (Å²) in [6.07, 6.45) is 1.64. The maximum atomic E-state index is 12.5. The summed E-state index contributed by atoms with van der Waals surface area (Å²) in [4.78, 5) is 18.4. The Labute approximate surface area is 112 Å². The molecular weight excluding hydrogens is 238 g/mol. The minimum Gasteiger partial charge on any atom is -0.399 e. The van der Waals surface area contributed by atoms with Crippen LogP contribution in [0.15, 0.2) is 42.6 Å². The Morgan fingerprint density at radius 2 is 1.95 bits per heavy atom. The molecule has 0 spiro atoms. The zero-order valence-corrected chi connectivity index (χ0v) is 11.1. The van der Waals surface area contributed by atoms with Crippen LogP contribution in [0.4, 0.5) is 11.4 Å². The fourth-order valence-electron chi connectivity index (χ4n) is 1.94. The summed E-state index contributed by atoms with van der Waals surface area (Å²) >= 11 is 0. The van der Waals surface area contributed by atoms with Crippen LogP contribution in [0.3, 0.4) is 0 Å². The summed E-state index contributed by atoms with van der Waals surface area (Å²) in [5.74, 6) is -0.0922. The number of nitrogens with zero attached hydrogens (tertiary/aromatic N) is 2. The van der Waals surface area contributed by atoms with E-state index in [1.807, 2.05) is 38.1 Å². The largest absolute Gasteiger partial charge is 0.399 e. The van der Waals surface area contributed by atoms with Gasteiger partial charge in [-0.1, -0.05) is 6.07 Å². The molecule has 0 aliphatic heterocycles. The Kier molecular flexibility index (Phi) is 3.80. The number of rotatable bonds is 3. The third-order valence-corrected chi connectivity index (χ3v) is 2.98. The number of pyridine rings is 1. The number of hydrogen-bond donors (Lipinski definition) is 1. The average molecular weight is 255 g/mol. The quantitative estimate of drug-likeness (QED) is 0.858. The molecule has 0 fully saturated rings. The first-order chi connectivity index (χ1) is 9.13. The van der Waals surface area contributed by atoms with E-state index in [9.17, 15) is 4.79 Å². The number of amides is 1. The number of nitrogen functional groups attached to an aromatic ring is 1. The van der Waals surface area contributed by atoms with Gasteiger partial charge in [0.25, 0.3) is 5.91 Å². The van der Waals surface area contributed by atoms with Gasteiger partial charge in [0.15, 0.2) is 0 Å². The molecule has 0 unspecified atom stereocenters. The number of carbonyl (C=O) groups is 1. The minimum absolute atomic E-state index is 0.0922. The summed E-state index contributed by atoms with van der Waals surface area (Å²) in [7, 11) is 0. The summed E-state index contributed by atoms with van der Waals surface area (Å²) in [5.41, 5.74) is 8.53. The first-order valence-electron chi connectivity index (χ1n) is 6.22. The van der Waals surface area contributed by atoms with Gasteiger partial charge in [0.05, 0.1) is 0 Å². The summed E-state index contributed by atoms with van der Waals surface area (Å²) < 4.78 is 0. The highest BCUT2D eigenvalue weighted by atomic mass is 16.2. The molecule has 1 aromatic carbocycles. The van der Waals surface area contributed by atoms with E-state index in [4.69, 9.17) is 5.73 Å². The molecule has 19 heavy (non-hydrogen) atoms. The van der Waals surface area contributed by atoms with Crippen LogP contribution in [0, 0.1) is 6.92 Å². The minimum atomic E-state index is -0.0922. The third-order valence-electron chi connectivity index (χ3n) is 2.98. The van der Waals surface area contributed by atoms with Crippen molar-refractivity contribution in [3.63, 3.8) is 0 Å². The number of anilines is 2. The molecule has 4 heteroatoms. The van der Waals surface area contributed by atoms with E-state index in [2.05, 4.69) is 4.98 Å². The molecule has 1 aromatic heterocycles. The van der Waals surface area contributed by atoms with E-state index in [-0.39, 0.29) is 5.91 Å². The number of hydrogen-bond acceptors (Lipinski definition) is 3. The molecule has 0 aliphatic carbocycles.